The molecule has 0 saturated heterocycles. The summed E-state index contributed by atoms with van der Waals surface area (Å²) in [7, 11) is 0. The third-order valence-corrected chi connectivity index (χ3v) is 2.71. The average Bonchev–Trinajstić information content (AvgIpc) is 2.42. The van der Waals surface area contributed by atoms with Crippen LogP contribution >= 0.6 is 15.9 Å². The van der Waals surface area contributed by atoms with Crippen LogP contribution in [-0.4, -0.2) is 21.7 Å². The maximum absolute atomic E-state index is 13.4. The Balaban J connectivity index is 2.18. The molecule has 2 heterocycles. The minimum atomic E-state index is -0.747. The molecule has 19 heavy (non-hydrogen) atoms. The Morgan fingerprint density at radius 1 is 1.37 bits per heavy atom. The van der Waals surface area contributed by atoms with Crippen LogP contribution in [0.2, 0.25) is 0 Å². The first-order valence-corrected chi connectivity index (χ1v) is 5.98. The SMILES string of the molecule is N=C(NC(=O)c1cc(Br)ncc1F)c1ccncc1. The summed E-state index contributed by atoms with van der Waals surface area (Å²) in [5.41, 5.74) is 0.303. The van der Waals surface area contributed by atoms with Gasteiger partial charge in [-0.05, 0) is 34.1 Å². The fourth-order valence-electron chi connectivity index (χ4n) is 1.36. The third kappa shape index (κ3) is 3.19. The quantitative estimate of drug-likeness (QED) is 0.505. The number of amidine groups is 1. The molecule has 0 saturated carbocycles. The lowest BCUT2D eigenvalue weighted by atomic mass is 10.2. The van der Waals surface area contributed by atoms with Gasteiger partial charge in [-0.3, -0.25) is 15.2 Å². The van der Waals surface area contributed by atoms with E-state index in [4.69, 9.17) is 5.41 Å². The first-order valence-electron chi connectivity index (χ1n) is 5.19. The summed E-state index contributed by atoms with van der Waals surface area (Å²) in [4.78, 5) is 19.3. The molecule has 2 aromatic heterocycles. The molecule has 5 nitrogen and oxygen atoms in total. The maximum atomic E-state index is 13.4. The molecule has 0 radical (unpaired) electrons. The van der Waals surface area contributed by atoms with Gasteiger partial charge < -0.3 is 5.32 Å². The van der Waals surface area contributed by atoms with E-state index in [1.807, 2.05) is 0 Å². The number of carbonyl (C=O) groups is 1. The van der Waals surface area contributed by atoms with Crippen molar-refractivity contribution in [2.24, 2.45) is 0 Å². The normalized spacial score (nSPS) is 10.0. The number of nitrogens with zero attached hydrogens (tertiary/aromatic N) is 2. The Kier molecular flexibility index (Phi) is 3.96. The van der Waals surface area contributed by atoms with E-state index in [0.717, 1.165) is 6.20 Å². The lowest BCUT2D eigenvalue weighted by Gasteiger charge is -2.07. The first kappa shape index (κ1) is 13.3. The average molecular weight is 323 g/mol. The van der Waals surface area contributed by atoms with Crippen LogP contribution < -0.4 is 5.32 Å². The van der Waals surface area contributed by atoms with Gasteiger partial charge in [-0.1, -0.05) is 0 Å². The maximum Gasteiger partial charge on any atom is 0.259 e. The van der Waals surface area contributed by atoms with Crippen LogP contribution in [0.15, 0.2) is 41.4 Å². The van der Waals surface area contributed by atoms with Crippen molar-refractivity contribution in [2.45, 2.75) is 0 Å². The van der Waals surface area contributed by atoms with Crippen molar-refractivity contribution in [1.82, 2.24) is 15.3 Å². The smallest absolute Gasteiger partial charge is 0.259 e. The van der Waals surface area contributed by atoms with Gasteiger partial charge in [0.05, 0.1) is 11.8 Å². The molecule has 0 aliphatic heterocycles. The molecule has 2 N–H and O–H groups in total. The topological polar surface area (TPSA) is 78.7 Å². The second kappa shape index (κ2) is 5.66. The number of hydrogen-bond donors (Lipinski definition) is 2. The molecule has 96 valence electrons. The van der Waals surface area contributed by atoms with Crippen molar-refractivity contribution >= 4 is 27.7 Å². The predicted molar refractivity (Wildman–Crippen MR) is 70.4 cm³/mol. The molecule has 2 rings (SSSR count). The lowest BCUT2D eigenvalue weighted by Crippen LogP contribution is -2.31. The first-order chi connectivity index (χ1) is 9.08. The Morgan fingerprint density at radius 2 is 2.05 bits per heavy atom. The molecule has 0 spiro atoms. The van der Waals surface area contributed by atoms with E-state index in [9.17, 15) is 9.18 Å². The highest BCUT2D eigenvalue weighted by atomic mass is 79.9. The number of pyridine rings is 2. The number of carbonyl (C=O) groups excluding carboxylic acids is 1. The fraction of sp³-hybridized carbons (Fsp3) is 0. The highest BCUT2D eigenvalue weighted by molar-refractivity contribution is 9.10. The monoisotopic (exact) mass is 322 g/mol. The summed E-state index contributed by atoms with van der Waals surface area (Å²) in [5, 5.41) is 10.0. The van der Waals surface area contributed by atoms with E-state index in [0.29, 0.717) is 10.2 Å². The van der Waals surface area contributed by atoms with Crippen LogP contribution in [0, 0.1) is 11.2 Å². The highest BCUT2D eigenvalue weighted by Gasteiger charge is 2.14. The molecule has 0 aliphatic carbocycles. The van der Waals surface area contributed by atoms with Gasteiger partial charge in [-0.15, -0.1) is 0 Å². The zero-order valence-electron chi connectivity index (χ0n) is 9.52. The zero-order valence-corrected chi connectivity index (χ0v) is 11.1. The largest absolute Gasteiger partial charge is 0.306 e. The minimum absolute atomic E-state index is 0.125. The Labute approximate surface area is 116 Å². The van der Waals surface area contributed by atoms with Crippen molar-refractivity contribution in [2.75, 3.05) is 0 Å². The summed E-state index contributed by atoms with van der Waals surface area (Å²) in [5.74, 6) is -1.58. The van der Waals surface area contributed by atoms with Gasteiger partial charge in [0.2, 0.25) is 0 Å². The van der Waals surface area contributed by atoms with Crippen molar-refractivity contribution < 1.29 is 9.18 Å². The summed E-state index contributed by atoms with van der Waals surface area (Å²) in [6, 6.07) is 4.40. The van der Waals surface area contributed by atoms with Gasteiger partial charge >= 0.3 is 0 Å². The highest BCUT2D eigenvalue weighted by Crippen LogP contribution is 2.12. The van der Waals surface area contributed by atoms with Crippen LogP contribution in [0.1, 0.15) is 15.9 Å². The van der Waals surface area contributed by atoms with Crippen molar-refractivity contribution in [3.8, 4) is 0 Å². The Morgan fingerprint density at radius 3 is 2.74 bits per heavy atom. The third-order valence-electron chi connectivity index (χ3n) is 2.27. The van der Waals surface area contributed by atoms with E-state index in [1.165, 1.54) is 18.5 Å². The number of nitrogens with one attached hydrogen (secondary N) is 2. The molecule has 0 unspecified atom stereocenters. The van der Waals surface area contributed by atoms with Crippen LogP contribution in [-0.2, 0) is 0 Å². The molecule has 0 atom stereocenters. The second-order valence-electron chi connectivity index (χ2n) is 3.55. The van der Waals surface area contributed by atoms with Gasteiger partial charge in [0, 0.05) is 18.0 Å². The molecule has 2 aromatic rings. The molecule has 0 bridgehead atoms. The number of aromatic nitrogens is 2. The van der Waals surface area contributed by atoms with Gasteiger partial charge in [-0.25, -0.2) is 9.37 Å². The van der Waals surface area contributed by atoms with Gasteiger partial charge in [0.25, 0.3) is 5.91 Å². The molecule has 1 amide bonds. The fourth-order valence-corrected chi connectivity index (χ4v) is 1.69. The van der Waals surface area contributed by atoms with E-state index in [1.54, 1.807) is 12.1 Å². The standard InChI is InChI=1S/C12H8BrFN4O/c13-10-5-8(9(14)6-17-10)12(19)18-11(15)7-1-3-16-4-2-7/h1-6H,(H2,15,18,19). The van der Waals surface area contributed by atoms with Gasteiger partial charge in [-0.2, -0.15) is 0 Å². The van der Waals surface area contributed by atoms with E-state index in [2.05, 4.69) is 31.2 Å². The van der Waals surface area contributed by atoms with Gasteiger partial charge in [0.1, 0.15) is 10.4 Å². The van der Waals surface area contributed by atoms with Crippen molar-refractivity contribution in [1.29, 1.82) is 5.41 Å². The summed E-state index contributed by atoms with van der Waals surface area (Å²) in [6.07, 6.45) is 3.94. The number of halogens is 2. The number of rotatable bonds is 2. The van der Waals surface area contributed by atoms with Crippen LogP contribution in [0.25, 0.3) is 0 Å². The summed E-state index contributed by atoms with van der Waals surface area (Å²) >= 11 is 3.06. The zero-order chi connectivity index (χ0) is 13.8. The number of amides is 1. The molecular formula is C12H8BrFN4O. The second-order valence-corrected chi connectivity index (χ2v) is 4.36. The van der Waals surface area contributed by atoms with Crippen molar-refractivity contribution in [3.63, 3.8) is 0 Å². The number of hydrogen-bond acceptors (Lipinski definition) is 4. The molecule has 7 heteroatoms. The van der Waals surface area contributed by atoms with E-state index < -0.39 is 11.7 Å². The lowest BCUT2D eigenvalue weighted by molar-refractivity contribution is 0.0973. The van der Waals surface area contributed by atoms with Gasteiger partial charge in [0.15, 0.2) is 5.82 Å². The van der Waals surface area contributed by atoms with Crippen LogP contribution in [0.3, 0.4) is 0 Å². The predicted octanol–water partition coefficient (Wildman–Crippen LogP) is 2.13. The summed E-state index contributed by atoms with van der Waals surface area (Å²) < 4.78 is 13.8. The van der Waals surface area contributed by atoms with Crippen molar-refractivity contribution in [3.05, 3.63) is 58.3 Å². The summed E-state index contributed by atoms with van der Waals surface area (Å²) in [6.45, 7) is 0. The van der Waals surface area contributed by atoms with E-state index in [-0.39, 0.29) is 11.4 Å². The molecule has 0 aliphatic rings. The Hall–Kier alpha value is -2.15. The van der Waals surface area contributed by atoms with E-state index >= 15 is 0 Å². The molecule has 0 fully saturated rings. The molecule has 0 aromatic carbocycles. The Bertz CT molecular complexity index is 633. The van der Waals surface area contributed by atoms with Crippen LogP contribution in [0.4, 0.5) is 4.39 Å². The minimum Gasteiger partial charge on any atom is -0.306 e. The molecular weight excluding hydrogens is 315 g/mol. The van der Waals surface area contributed by atoms with Crippen LogP contribution in [0.5, 0.6) is 0 Å².